The van der Waals surface area contributed by atoms with Crippen LogP contribution in [-0.4, -0.2) is 49.1 Å². The molecule has 0 aliphatic carbocycles. The number of carboxylic acid groups (broad SMARTS) is 1. The van der Waals surface area contributed by atoms with Gasteiger partial charge in [-0.3, -0.25) is 9.59 Å². The lowest BCUT2D eigenvalue weighted by molar-refractivity contribution is -0.137. The molecule has 0 saturated heterocycles. The fraction of sp³-hybridized carbons (Fsp3) is 0.467. The van der Waals surface area contributed by atoms with Crippen LogP contribution in [0.3, 0.4) is 0 Å². The van der Waals surface area contributed by atoms with Crippen LogP contribution in [0.1, 0.15) is 19.3 Å². The first-order chi connectivity index (χ1) is 9.50. The van der Waals surface area contributed by atoms with Crippen LogP contribution in [0.15, 0.2) is 30.3 Å². The molecule has 1 rings (SSSR count). The lowest BCUT2D eigenvalue weighted by Gasteiger charge is -2.25. The van der Waals surface area contributed by atoms with Crippen LogP contribution >= 0.6 is 0 Å². The summed E-state index contributed by atoms with van der Waals surface area (Å²) in [6.07, 6.45) is 1.54. The smallest absolute Gasteiger partial charge is 0.303 e. The Kier molecular flexibility index (Phi) is 6.56. The SMILES string of the molecule is CN(C)C(=O)CN(CCCCC(=O)O)c1ccccc1. The predicted molar refractivity (Wildman–Crippen MR) is 78.8 cm³/mol. The second kappa shape index (κ2) is 8.19. The molecule has 0 heterocycles. The molecule has 0 radical (unpaired) electrons. The highest BCUT2D eigenvalue weighted by atomic mass is 16.4. The van der Waals surface area contributed by atoms with Gasteiger partial charge in [0.1, 0.15) is 0 Å². The largest absolute Gasteiger partial charge is 0.481 e. The third-order valence-electron chi connectivity index (χ3n) is 3.01. The zero-order chi connectivity index (χ0) is 15.0. The first kappa shape index (κ1) is 16.0. The lowest BCUT2D eigenvalue weighted by Crippen LogP contribution is -2.37. The van der Waals surface area contributed by atoms with E-state index >= 15 is 0 Å². The summed E-state index contributed by atoms with van der Waals surface area (Å²) in [7, 11) is 3.46. The predicted octanol–water partition coefficient (Wildman–Crippen LogP) is 1.84. The maximum Gasteiger partial charge on any atom is 0.303 e. The zero-order valence-electron chi connectivity index (χ0n) is 12.1. The second-order valence-corrected chi connectivity index (χ2v) is 4.90. The molecule has 1 amide bonds. The van der Waals surface area contributed by atoms with Crippen molar-refractivity contribution in [2.45, 2.75) is 19.3 Å². The van der Waals surface area contributed by atoms with Crippen molar-refractivity contribution < 1.29 is 14.7 Å². The van der Waals surface area contributed by atoms with E-state index in [-0.39, 0.29) is 12.3 Å². The van der Waals surface area contributed by atoms with Crippen molar-refractivity contribution in [3.05, 3.63) is 30.3 Å². The average Bonchev–Trinajstić information content (AvgIpc) is 2.42. The number of aliphatic carboxylic acids is 1. The molecular formula is C15H22N2O3. The summed E-state index contributed by atoms with van der Waals surface area (Å²) in [6, 6.07) is 9.71. The van der Waals surface area contributed by atoms with Crippen molar-refractivity contribution in [2.24, 2.45) is 0 Å². The fourth-order valence-electron chi connectivity index (χ4n) is 1.82. The van der Waals surface area contributed by atoms with Gasteiger partial charge in [0.25, 0.3) is 0 Å². The Bertz CT molecular complexity index is 432. The molecular weight excluding hydrogens is 256 g/mol. The van der Waals surface area contributed by atoms with Crippen LogP contribution in [0.5, 0.6) is 0 Å². The number of amides is 1. The molecule has 0 unspecified atom stereocenters. The van der Waals surface area contributed by atoms with E-state index in [4.69, 9.17) is 5.11 Å². The van der Waals surface area contributed by atoms with Crippen molar-refractivity contribution in [3.8, 4) is 0 Å². The summed E-state index contributed by atoms with van der Waals surface area (Å²) in [5.41, 5.74) is 0.984. The van der Waals surface area contributed by atoms with Crippen LogP contribution in [0.2, 0.25) is 0 Å². The number of carboxylic acids is 1. The lowest BCUT2D eigenvalue weighted by atomic mass is 10.2. The number of hydrogen-bond acceptors (Lipinski definition) is 3. The van der Waals surface area contributed by atoms with E-state index in [0.717, 1.165) is 12.1 Å². The number of nitrogens with zero attached hydrogens (tertiary/aromatic N) is 2. The fourth-order valence-corrected chi connectivity index (χ4v) is 1.82. The van der Waals surface area contributed by atoms with Gasteiger partial charge in [-0.2, -0.15) is 0 Å². The summed E-state index contributed by atoms with van der Waals surface area (Å²) in [6.45, 7) is 0.987. The highest BCUT2D eigenvalue weighted by Crippen LogP contribution is 2.14. The number of para-hydroxylation sites is 1. The number of carbonyl (C=O) groups excluding carboxylic acids is 1. The van der Waals surface area contributed by atoms with Crippen LogP contribution in [0.25, 0.3) is 0 Å². The van der Waals surface area contributed by atoms with Gasteiger partial charge in [0.2, 0.25) is 5.91 Å². The Morgan fingerprint density at radius 2 is 1.75 bits per heavy atom. The molecule has 0 atom stereocenters. The molecule has 0 aliphatic rings. The molecule has 0 saturated carbocycles. The number of likely N-dealkylation sites (N-methyl/N-ethyl adjacent to an activating group) is 1. The van der Waals surface area contributed by atoms with E-state index in [2.05, 4.69) is 0 Å². The minimum atomic E-state index is -0.777. The summed E-state index contributed by atoms with van der Waals surface area (Å²) < 4.78 is 0. The third-order valence-corrected chi connectivity index (χ3v) is 3.01. The topological polar surface area (TPSA) is 60.9 Å². The summed E-state index contributed by atoms with van der Waals surface area (Å²) in [5, 5.41) is 8.64. The Morgan fingerprint density at radius 3 is 2.30 bits per heavy atom. The van der Waals surface area contributed by atoms with Gasteiger partial charge in [0, 0.05) is 32.7 Å². The molecule has 0 bridgehead atoms. The van der Waals surface area contributed by atoms with E-state index in [1.807, 2.05) is 35.2 Å². The maximum absolute atomic E-state index is 11.9. The monoisotopic (exact) mass is 278 g/mol. The van der Waals surface area contributed by atoms with Crippen molar-refractivity contribution in [2.75, 3.05) is 32.1 Å². The standard InChI is InChI=1S/C15H22N2O3/c1-16(2)14(18)12-17(11-7-6-10-15(19)20)13-8-4-3-5-9-13/h3-5,8-9H,6-7,10-12H2,1-2H3,(H,19,20). The van der Waals surface area contributed by atoms with E-state index < -0.39 is 5.97 Å². The van der Waals surface area contributed by atoms with Crippen LogP contribution < -0.4 is 4.90 Å². The van der Waals surface area contributed by atoms with Crippen molar-refractivity contribution >= 4 is 17.6 Å². The van der Waals surface area contributed by atoms with E-state index in [9.17, 15) is 9.59 Å². The molecule has 0 aromatic heterocycles. The number of carbonyl (C=O) groups is 2. The number of anilines is 1. The van der Waals surface area contributed by atoms with E-state index in [1.54, 1.807) is 19.0 Å². The second-order valence-electron chi connectivity index (χ2n) is 4.90. The van der Waals surface area contributed by atoms with Gasteiger partial charge in [-0.05, 0) is 25.0 Å². The Labute approximate surface area is 119 Å². The Morgan fingerprint density at radius 1 is 1.10 bits per heavy atom. The molecule has 0 spiro atoms. The van der Waals surface area contributed by atoms with Gasteiger partial charge in [-0.1, -0.05) is 18.2 Å². The number of rotatable bonds is 8. The molecule has 5 nitrogen and oxygen atoms in total. The van der Waals surface area contributed by atoms with Crippen LogP contribution in [-0.2, 0) is 9.59 Å². The summed E-state index contributed by atoms with van der Waals surface area (Å²) >= 11 is 0. The highest BCUT2D eigenvalue weighted by molar-refractivity contribution is 5.81. The number of unbranched alkanes of at least 4 members (excludes halogenated alkanes) is 1. The Balaban J connectivity index is 2.60. The van der Waals surface area contributed by atoms with Gasteiger partial charge in [-0.25, -0.2) is 0 Å². The first-order valence-electron chi connectivity index (χ1n) is 6.72. The van der Waals surface area contributed by atoms with Gasteiger partial charge in [0.15, 0.2) is 0 Å². The quantitative estimate of drug-likeness (QED) is 0.737. The minimum absolute atomic E-state index is 0.0343. The van der Waals surface area contributed by atoms with Crippen molar-refractivity contribution in [3.63, 3.8) is 0 Å². The molecule has 110 valence electrons. The van der Waals surface area contributed by atoms with Gasteiger partial charge in [0.05, 0.1) is 6.54 Å². The van der Waals surface area contributed by atoms with E-state index in [0.29, 0.717) is 19.5 Å². The molecule has 1 aromatic carbocycles. The van der Waals surface area contributed by atoms with Crippen molar-refractivity contribution in [1.29, 1.82) is 0 Å². The van der Waals surface area contributed by atoms with E-state index in [1.165, 1.54) is 0 Å². The number of hydrogen-bond donors (Lipinski definition) is 1. The average molecular weight is 278 g/mol. The third kappa shape index (κ3) is 5.73. The maximum atomic E-state index is 11.9. The number of benzene rings is 1. The first-order valence-corrected chi connectivity index (χ1v) is 6.72. The minimum Gasteiger partial charge on any atom is -0.481 e. The molecule has 5 heteroatoms. The van der Waals surface area contributed by atoms with Gasteiger partial charge < -0.3 is 14.9 Å². The van der Waals surface area contributed by atoms with Gasteiger partial charge >= 0.3 is 5.97 Å². The highest BCUT2D eigenvalue weighted by Gasteiger charge is 2.12. The van der Waals surface area contributed by atoms with Crippen LogP contribution in [0.4, 0.5) is 5.69 Å². The molecule has 0 fully saturated rings. The van der Waals surface area contributed by atoms with Gasteiger partial charge in [-0.15, -0.1) is 0 Å². The molecule has 1 N–H and O–H groups in total. The normalized spacial score (nSPS) is 10.1. The van der Waals surface area contributed by atoms with Crippen LogP contribution in [0, 0.1) is 0 Å². The van der Waals surface area contributed by atoms with Crippen molar-refractivity contribution in [1.82, 2.24) is 4.90 Å². The summed E-state index contributed by atoms with van der Waals surface area (Å²) in [4.78, 5) is 25.9. The Hall–Kier alpha value is -2.04. The molecule has 20 heavy (non-hydrogen) atoms. The zero-order valence-corrected chi connectivity index (χ0v) is 12.1. The summed E-state index contributed by atoms with van der Waals surface area (Å²) in [5.74, 6) is -0.743. The molecule has 0 aliphatic heterocycles. The molecule has 1 aromatic rings.